The average Bonchev–Trinajstić information content (AvgIpc) is 3.24. The highest BCUT2D eigenvalue weighted by Gasteiger charge is 2.10. The van der Waals surface area contributed by atoms with Crippen molar-refractivity contribution in [3.63, 3.8) is 0 Å². The summed E-state index contributed by atoms with van der Waals surface area (Å²) in [5.74, 6) is 1.71. The van der Waals surface area contributed by atoms with E-state index < -0.39 is 0 Å². The van der Waals surface area contributed by atoms with Gasteiger partial charge in [-0.1, -0.05) is 30.3 Å². The Hall–Kier alpha value is -3.28. The highest BCUT2D eigenvalue weighted by molar-refractivity contribution is 5.79. The molecule has 0 fully saturated rings. The number of aromatic nitrogens is 2. The minimum absolute atomic E-state index is 0.697. The molecule has 1 heterocycles. The second kappa shape index (κ2) is 8.89. The number of para-hydroxylation sites is 1. The molecule has 0 aliphatic rings. The van der Waals surface area contributed by atoms with Crippen molar-refractivity contribution in [1.82, 2.24) is 20.0 Å². The van der Waals surface area contributed by atoms with Crippen LogP contribution in [0.4, 0.5) is 0 Å². The normalized spacial score (nSPS) is 11.3. The van der Waals surface area contributed by atoms with Gasteiger partial charge in [0.25, 0.3) is 0 Å². The van der Waals surface area contributed by atoms with E-state index in [1.165, 1.54) is 5.56 Å². The Kier molecular flexibility index (Phi) is 6.10. The van der Waals surface area contributed by atoms with Crippen molar-refractivity contribution in [3.8, 4) is 11.4 Å². The monoisotopic (exact) mass is 363 g/mol. The third kappa shape index (κ3) is 4.67. The lowest BCUT2D eigenvalue weighted by molar-refractivity contribution is 0.396. The molecule has 140 valence electrons. The minimum atomic E-state index is 0.697. The molecule has 3 rings (SSSR count). The Balaban J connectivity index is 1.60. The quantitative estimate of drug-likeness (QED) is 0.540. The van der Waals surface area contributed by atoms with Crippen molar-refractivity contribution >= 4 is 5.96 Å². The molecule has 0 spiro atoms. The molecule has 0 aliphatic carbocycles. The molecule has 3 aromatic rings. The van der Waals surface area contributed by atoms with E-state index in [9.17, 15) is 0 Å². The molecular formula is C21H25N5O. The van der Waals surface area contributed by atoms with Crippen LogP contribution in [0.25, 0.3) is 5.69 Å². The van der Waals surface area contributed by atoms with Gasteiger partial charge in [0.05, 0.1) is 12.8 Å². The van der Waals surface area contributed by atoms with Gasteiger partial charge in [-0.15, -0.1) is 0 Å². The topological polar surface area (TPSA) is 54.7 Å². The Labute approximate surface area is 160 Å². The van der Waals surface area contributed by atoms with Gasteiger partial charge in [0.2, 0.25) is 0 Å². The minimum Gasteiger partial charge on any atom is -0.496 e. The third-order valence-electron chi connectivity index (χ3n) is 4.33. The van der Waals surface area contributed by atoms with E-state index in [0.29, 0.717) is 13.1 Å². The summed E-state index contributed by atoms with van der Waals surface area (Å²) in [4.78, 5) is 6.47. The molecule has 0 saturated heterocycles. The summed E-state index contributed by atoms with van der Waals surface area (Å²) in [5.41, 5.74) is 3.34. The second-order valence-electron chi connectivity index (χ2n) is 6.19. The Morgan fingerprint density at radius 1 is 1.15 bits per heavy atom. The molecular weight excluding hydrogens is 338 g/mol. The fourth-order valence-electron chi connectivity index (χ4n) is 2.92. The number of hydrogen-bond acceptors (Lipinski definition) is 3. The molecule has 0 unspecified atom stereocenters. The standard InChI is InChI=1S/C21H25N5O/c1-22-21(25(2)16-18-7-4-5-8-20(18)27-3)23-15-17-9-11-19(12-10-17)26-14-6-13-24-26/h4-14H,15-16H2,1-3H3,(H,22,23). The number of rotatable bonds is 6. The summed E-state index contributed by atoms with van der Waals surface area (Å²) in [6.07, 6.45) is 3.71. The molecule has 1 aromatic heterocycles. The number of nitrogens with zero attached hydrogens (tertiary/aromatic N) is 4. The smallest absolute Gasteiger partial charge is 0.193 e. The maximum atomic E-state index is 5.44. The highest BCUT2D eigenvalue weighted by Crippen LogP contribution is 2.18. The van der Waals surface area contributed by atoms with E-state index in [4.69, 9.17) is 4.74 Å². The zero-order valence-corrected chi connectivity index (χ0v) is 16.0. The van der Waals surface area contributed by atoms with E-state index in [0.717, 1.165) is 23.0 Å². The number of methoxy groups -OCH3 is 1. The first-order valence-electron chi connectivity index (χ1n) is 8.84. The molecule has 27 heavy (non-hydrogen) atoms. The van der Waals surface area contributed by atoms with Gasteiger partial charge in [0.15, 0.2) is 5.96 Å². The average molecular weight is 363 g/mol. The van der Waals surface area contributed by atoms with E-state index in [1.807, 2.05) is 42.2 Å². The molecule has 6 heteroatoms. The van der Waals surface area contributed by atoms with Crippen LogP contribution in [-0.2, 0) is 13.1 Å². The molecule has 0 saturated carbocycles. The molecule has 0 bridgehead atoms. The van der Waals surface area contributed by atoms with Crippen molar-refractivity contribution in [1.29, 1.82) is 0 Å². The Bertz CT molecular complexity index is 872. The van der Waals surface area contributed by atoms with Gasteiger partial charge in [-0.2, -0.15) is 5.10 Å². The van der Waals surface area contributed by atoms with Gasteiger partial charge in [-0.3, -0.25) is 4.99 Å². The van der Waals surface area contributed by atoms with Gasteiger partial charge >= 0.3 is 0 Å². The number of guanidine groups is 1. The summed E-state index contributed by atoms with van der Waals surface area (Å²) >= 11 is 0. The fourth-order valence-corrected chi connectivity index (χ4v) is 2.92. The molecule has 6 nitrogen and oxygen atoms in total. The van der Waals surface area contributed by atoms with Crippen molar-refractivity contribution in [3.05, 3.63) is 78.1 Å². The lowest BCUT2D eigenvalue weighted by Gasteiger charge is -2.23. The predicted molar refractivity (Wildman–Crippen MR) is 108 cm³/mol. The zero-order chi connectivity index (χ0) is 19.1. The second-order valence-corrected chi connectivity index (χ2v) is 6.19. The van der Waals surface area contributed by atoms with E-state index >= 15 is 0 Å². The van der Waals surface area contributed by atoms with Gasteiger partial charge < -0.3 is 15.0 Å². The Morgan fingerprint density at radius 3 is 2.59 bits per heavy atom. The van der Waals surface area contributed by atoms with Crippen LogP contribution in [-0.4, -0.2) is 41.8 Å². The van der Waals surface area contributed by atoms with Crippen LogP contribution < -0.4 is 10.1 Å². The summed E-state index contributed by atoms with van der Waals surface area (Å²) in [6.45, 7) is 1.41. The lowest BCUT2D eigenvalue weighted by atomic mass is 10.2. The first kappa shape index (κ1) is 18.5. The first-order valence-corrected chi connectivity index (χ1v) is 8.84. The third-order valence-corrected chi connectivity index (χ3v) is 4.33. The van der Waals surface area contributed by atoms with Gasteiger partial charge in [-0.25, -0.2) is 4.68 Å². The predicted octanol–water partition coefficient (Wildman–Crippen LogP) is 3.09. The summed E-state index contributed by atoms with van der Waals surface area (Å²) in [5, 5.41) is 7.66. The summed E-state index contributed by atoms with van der Waals surface area (Å²) in [6, 6.07) is 18.3. The van der Waals surface area contributed by atoms with Gasteiger partial charge in [0, 0.05) is 45.1 Å². The zero-order valence-electron chi connectivity index (χ0n) is 16.0. The van der Waals surface area contributed by atoms with Crippen LogP contribution in [0.2, 0.25) is 0 Å². The Morgan fingerprint density at radius 2 is 1.93 bits per heavy atom. The number of benzene rings is 2. The van der Waals surface area contributed by atoms with Crippen LogP contribution in [0.1, 0.15) is 11.1 Å². The van der Waals surface area contributed by atoms with Crippen molar-refractivity contribution < 1.29 is 4.74 Å². The van der Waals surface area contributed by atoms with E-state index in [-0.39, 0.29) is 0 Å². The van der Waals surface area contributed by atoms with E-state index in [1.54, 1.807) is 20.4 Å². The van der Waals surface area contributed by atoms with Crippen LogP contribution in [0.3, 0.4) is 0 Å². The molecule has 0 amide bonds. The maximum absolute atomic E-state index is 5.44. The molecule has 2 aromatic carbocycles. The van der Waals surface area contributed by atoms with Gasteiger partial charge in [-0.05, 0) is 29.8 Å². The van der Waals surface area contributed by atoms with Crippen molar-refractivity contribution in [2.45, 2.75) is 13.1 Å². The van der Waals surface area contributed by atoms with Gasteiger partial charge in [0.1, 0.15) is 5.75 Å². The number of aliphatic imine (C=N–C) groups is 1. The van der Waals surface area contributed by atoms with E-state index in [2.05, 4.69) is 50.6 Å². The van der Waals surface area contributed by atoms with Crippen LogP contribution in [0, 0.1) is 0 Å². The van der Waals surface area contributed by atoms with Crippen molar-refractivity contribution in [2.75, 3.05) is 21.2 Å². The SMILES string of the molecule is CN=C(NCc1ccc(-n2cccn2)cc1)N(C)Cc1ccccc1OC. The summed E-state index contributed by atoms with van der Waals surface area (Å²) in [7, 11) is 5.50. The molecule has 0 aliphatic heterocycles. The van der Waals surface area contributed by atoms with Crippen LogP contribution in [0.5, 0.6) is 5.75 Å². The molecule has 1 N–H and O–H groups in total. The number of ether oxygens (including phenoxy) is 1. The molecule has 0 radical (unpaired) electrons. The van der Waals surface area contributed by atoms with Crippen LogP contribution in [0.15, 0.2) is 72.0 Å². The molecule has 0 atom stereocenters. The van der Waals surface area contributed by atoms with Crippen molar-refractivity contribution in [2.24, 2.45) is 4.99 Å². The number of nitrogens with one attached hydrogen (secondary N) is 1. The first-order chi connectivity index (χ1) is 13.2. The maximum Gasteiger partial charge on any atom is 0.193 e. The lowest BCUT2D eigenvalue weighted by Crippen LogP contribution is -2.38. The fraction of sp³-hybridized carbons (Fsp3) is 0.238. The van der Waals surface area contributed by atoms with Crippen LogP contribution >= 0.6 is 0 Å². The summed E-state index contributed by atoms with van der Waals surface area (Å²) < 4.78 is 7.28. The largest absolute Gasteiger partial charge is 0.496 e. The number of hydrogen-bond donors (Lipinski definition) is 1. The highest BCUT2D eigenvalue weighted by atomic mass is 16.5.